The van der Waals surface area contributed by atoms with Crippen molar-refractivity contribution in [2.45, 2.75) is 64.1 Å². The van der Waals surface area contributed by atoms with Gasteiger partial charge in [-0.25, -0.2) is 9.97 Å². The number of nitrogens with zero attached hydrogens (tertiary/aromatic N) is 5. The molecule has 2 aliphatic rings. The second kappa shape index (κ2) is 11.0. The van der Waals surface area contributed by atoms with Crippen LogP contribution in [-0.4, -0.2) is 46.2 Å². The molecule has 7 nitrogen and oxygen atoms in total. The molecule has 39 heavy (non-hydrogen) atoms. The van der Waals surface area contributed by atoms with Gasteiger partial charge in [0.15, 0.2) is 0 Å². The fourth-order valence-corrected chi connectivity index (χ4v) is 5.28. The summed E-state index contributed by atoms with van der Waals surface area (Å²) in [6.07, 6.45) is 2.41. The molecule has 1 saturated heterocycles. The highest BCUT2D eigenvalue weighted by Gasteiger charge is 2.36. The number of aliphatic hydroxyl groups is 1. The van der Waals surface area contributed by atoms with Gasteiger partial charge in [0.25, 0.3) is 0 Å². The van der Waals surface area contributed by atoms with Crippen LogP contribution in [0.1, 0.15) is 61.9 Å². The molecule has 2 aliphatic heterocycles. The van der Waals surface area contributed by atoms with Crippen LogP contribution < -0.4 is 15.1 Å². The summed E-state index contributed by atoms with van der Waals surface area (Å²) in [7, 11) is 0. The molecule has 0 aliphatic carbocycles. The zero-order valence-corrected chi connectivity index (χ0v) is 22.4. The minimum atomic E-state index is -4.48. The van der Waals surface area contributed by atoms with Crippen LogP contribution >= 0.6 is 0 Å². The number of aromatic nitrogens is 3. The molecular formula is C29H35F3N6O. The van der Waals surface area contributed by atoms with Crippen LogP contribution in [0.15, 0.2) is 42.6 Å². The predicted octanol–water partition coefficient (Wildman–Crippen LogP) is 5.85. The first-order valence-electron chi connectivity index (χ1n) is 13.6. The third-order valence-corrected chi connectivity index (χ3v) is 7.47. The zero-order chi connectivity index (χ0) is 27.6. The van der Waals surface area contributed by atoms with Crippen molar-refractivity contribution in [2.24, 2.45) is 0 Å². The van der Waals surface area contributed by atoms with E-state index in [0.29, 0.717) is 37.7 Å². The minimum absolute atomic E-state index is 0.0461. The number of pyridine rings is 1. The van der Waals surface area contributed by atoms with Crippen LogP contribution in [0.2, 0.25) is 0 Å². The van der Waals surface area contributed by atoms with Crippen molar-refractivity contribution >= 4 is 23.3 Å². The lowest BCUT2D eigenvalue weighted by Crippen LogP contribution is -2.29. The second-order valence-electron chi connectivity index (χ2n) is 10.8. The predicted molar refractivity (Wildman–Crippen MR) is 147 cm³/mol. The summed E-state index contributed by atoms with van der Waals surface area (Å²) >= 11 is 0. The first kappa shape index (κ1) is 27.2. The van der Waals surface area contributed by atoms with E-state index in [9.17, 15) is 18.3 Å². The van der Waals surface area contributed by atoms with Crippen molar-refractivity contribution in [3.63, 3.8) is 0 Å². The van der Waals surface area contributed by atoms with Crippen molar-refractivity contribution < 1.29 is 18.3 Å². The lowest BCUT2D eigenvalue weighted by Gasteiger charge is -2.24. The first-order valence-corrected chi connectivity index (χ1v) is 13.6. The first-order chi connectivity index (χ1) is 18.6. The molecule has 0 bridgehead atoms. The van der Waals surface area contributed by atoms with Crippen LogP contribution in [0.4, 0.5) is 36.4 Å². The highest BCUT2D eigenvalue weighted by molar-refractivity contribution is 5.63. The van der Waals surface area contributed by atoms with E-state index in [1.807, 2.05) is 24.3 Å². The number of fused-ring (bicyclic) bond motifs is 1. The van der Waals surface area contributed by atoms with Gasteiger partial charge in [0.1, 0.15) is 11.6 Å². The van der Waals surface area contributed by atoms with Gasteiger partial charge in [0.2, 0.25) is 5.95 Å². The van der Waals surface area contributed by atoms with E-state index in [4.69, 9.17) is 9.97 Å². The molecule has 10 heteroatoms. The average molecular weight is 541 g/mol. The average Bonchev–Trinajstić information content (AvgIpc) is 3.30. The Hall–Kier alpha value is -3.40. The van der Waals surface area contributed by atoms with Crippen LogP contribution in [0.25, 0.3) is 0 Å². The Bertz CT molecular complexity index is 1280. The van der Waals surface area contributed by atoms with E-state index in [2.05, 4.69) is 15.2 Å². The van der Waals surface area contributed by atoms with Gasteiger partial charge in [-0.2, -0.15) is 18.2 Å². The number of halogens is 3. The number of rotatable bonds is 5. The molecule has 0 spiro atoms. The Labute approximate surface area is 227 Å². The molecular weight excluding hydrogens is 505 g/mol. The summed E-state index contributed by atoms with van der Waals surface area (Å²) in [4.78, 5) is 18.0. The van der Waals surface area contributed by atoms with E-state index in [1.54, 1.807) is 18.7 Å². The maximum atomic E-state index is 13.7. The Morgan fingerprint density at radius 1 is 0.846 bits per heavy atom. The zero-order valence-electron chi connectivity index (χ0n) is 22.4. The smallest absolute Gasteiger partial charge is 0.386 e. The van der Waals surface area contributed by atoms with E-state index < -0.39 is 17.3 Å². The maximum absolute atomic E-state index is 13.7. The molecule has 1 fully saturated rings. The lowest BCUT2D eigenvalue weighted by atomic mass is 9.98. The van der Waals surface area contributed by atoms with E-state index in [-0.39, 0.29) is 5.82 Å². The normalized spacial score (nSPS) is 16.9. The monoisotopic (exact) mass is 540 g/mol. The van der Waals surface area contributed by atoms with Gasteiger partial charge in [-0.05, 0) is 62.9 Å². The topological polar surface area (TPSA) is 77.4 Å². The van der Waals surface area contributed by atoms with Gasteiger partial charge in [-0.3, -0.25) is 0 Å². The number of benzene rings is 1. The Morgan fingerprint density at radius 3 is 2.21 bits per heavy atom. The summed E-state index contributed by atoms with van der Waals surface area (Å²) in [6.45, 7) is 5.99. The maximum Gasteiger partial charge on any atom is 0.419 e. The van der Waals surface area contributed by atoms with Crippen LogP contribution in [-0.2, 0) is 24.6 Å². The van der Waals surface area contributed by atoms with Crippen LogP contribution in [0.5, 0.6) is 0 Å². The Kier molecular flexibility index (Phi) is 7.66. The van der Waals surface area contributed by atoms with Crippen LogP contribution in [0, 0.1) is 0 Å². The molecule has 0 atom stereocenters. The van der Waals surface area contributed by atoms with E-state index >= 15 is 0 Å². The lowest BCUT2D eigenvalue weighted by molar-refractivity contribution is -0.137. The Balaban J connectivity index is 1.48. The minimum Gasteiger partial charge on any atom is -0.386 e. The number of anilines is 4. The summed E-state index contributed by atoms with van der Waals surface area (Å²) in [5.74, 6) is 1.29. The van der Waals surface area contributed by atoms with Crippen molar-refractivity contribution in [1.29, 1.82) is 0 Å². The number of alkyl halides is 3. The van der Waals surface area contributed by atoms with Gasteiger partial charge < -0.3 is 20.2 Å². The second-order valence-corrected chi connectivity index (χ2v) is 10.8. The molecule has 0 saturated carbocycles. The molecule has 1 aromatic carbocycles. The largest absolute Gasteiger partial charge is 0.419 e. The van der Waals surface area contributed by atoms with E-state index in [0.717, 1.165) is 54.5 Å². The molecule has 2 aromatic heterocycles. The van der Waals surface area contributed by atoms with Crippen molar-refractivity contribution in [3.8, 4) is 0 Å². The number of hydrogen-bond acceptors (Lipinski definition) is 7. The summed E-state index contributed by atoms with van der Waals surface area (Å²) in [6, 6.07) is 9.96. The highest BCUT2D eigenvalue weighted by atomic mass is 19.4. The van der Waals surface area contributed by atoms with Gasteiger partial charge in [-0.15, -0.1) is 0 Å². The van der Waals surface area contributed by atoms with Crippen molar-refractivity contribution in [3.05, 3.63) is 65.0 Å². The molecule has 3 aromatic rings. The molecule has 2 N–H and O–H groups in total. The van der Waals surface area contributed by atoms with Crippen LogP contribution in [0.3, 0.4) is 0 Å². The quantitative estimate of drug-likeness (QED) is 0.421. The van der Waals surface area contributed by atoms with E-state index in [1.165, 1.54) is 25.1 Å². The molecule has 0 radical (unpaired) electrons. The third-order valence-electron chi connectivity index (χ3n) is 7.47. The molecule has 5 rings (SSSR count). The number of nitrogens with one attached hydrogen (secondary N) is 1. The van der Waals surface area contributed by atoms with Gasteiger partial charge in [0, 0.05) is 50.0 Å². The van der Waals surface area contributed by atoms with Crippen molar-refractivity contribution in [1.82, 2.24) is 15.0 Å². The Morgan fingerprint density at radius 2 is 1.54 bits per heavy atom. The summed E-state index contributed by atoms with van der Waals surface area (Å²) in [5, 5.41) is 13.8. The fourth-order valence-electron chi connectivity index (χ4n) is 5.28. The molecule has 0 unspecified atom stereocenters. The fraction of sp³-hybridized carbons (Fsp3) is 0.483. The van der Waals surface area contributed by atoms with Crippen molar-refractivity contribution in [2.75, 3.05) is 41.3 Å². The third kappa shape index (κ3) is 6.27. The van der Waals surface area contributed by atoms with Gasteiger partial charge in [0.05, 0.1) is 16.9 Å². The number of hydrogen-bond donors (Lipinski definition) is 2. The molecule has 208 valence electrons. The standard InChI is InChI=1S/C29H35F3N6O/c1-28(2,39)20-9-11-21(12-10-20)34-25-22-13-18-37(26-23(29(30,31)32)8-7-15-33-26)19-14-24(22)35-27(36-25)38-16-5-3-4-6-17-38/h7-12,15,39H,3-6,13-14,16-19H2,1-2H3,(H,34,35,36). The molecule has 4 heterocycles. The summed E-state index contributed by atoms with van der Waals surface area (Å²) in [5.41, 5.74) is 1.70. The SMILES string of the molecule is CC(C)(O)c1ccc(Nc2nc(N3CCCCCC3)nc3c2CCN(c2ncccc2C(F)(F)F)CC3)cc1. The highest BCUT2D eigenvalue weighted by Crippen LogP contribution is 2.36. The summed E-state index contributed by atoms with van der Waals surface area (Å²) < 4.78 is 41.2. The van der Waals surface area contributed by atoms with Gasteiger partial charge in [-0.1, -0.05) is 25.0 Å². The van der Waals surface area contributed by atoms with Gasteiger partial charge >= 0.3 is 6.18 Å². The molecule has 0 amide bonds.